The monoisotopic (exact) mass is 351 g/mol. The fourth-order valence-electron chi connectivity index (χ4n) is 4.00. The van der Waals surface area contributed by atoms with E-state index in [4.69, 9.17) is 0 Å². The molecule has 1 saturated heterocycles. The topological polar surface area (TPSA) is 46.2 Å². The maximum absolute atomic E-state index is 11.9. The molecule has 0 saturated carbocycles. The summed E-state index contributed by atoms with van der Waals surface area (Å²) in [7, 11) is 0. The first kappa shape index (κ1) is 16.4. The molecular weight excluding hydrogens is 330 g/mol. The molecule has 0 bridgehead atoms. The molecular formula is C21H21NO2S. The van der Waals surface area contributed by atoms with Crippen molar-refractivity contribution in [2.24, 2.45) is 5.92 Å². The minimum Gasteiger partial charge on any atom is -0.286 e. The van der Waals surface area contributed by atoms with Crippen LogP contribution in [0.5, 0.6) is 0 Å². The van der Waals surface area contributed by atoms with Gasteiger partial charge in [0, 0.05) is 0 Å². The van der Waals surface area contributed by atoms with Gasteiger partial charge in [-0.1, -0.05) is 60.3 Å². The lowest BCUT2D eigenvalue weighted by atomic mass is 9.78. The third kappa shape index (κ3) is 3.64. The SMILES string of the molecule is O=C1NC(=O)C(Cc2cccc3c2CCC(Cc2ccccc2)C3)S1. The maximum Gasteiger partial charge on any atom is 0.286 e. The number of imide groups is 1. The van der Waals surface area contributed by atoms with E-state index in [2.05, 4.69) is 53.8 Å². The number of benzene rings is 2. The molecule has 1 aliphatic heterocycles. The zero-order valence-corrected chi connectivity index (χ0v) is 14.9. The van der Waals surface area contributed by atoms with Crippen molar-refractivity contribution in [3.63, 3.8) is 0 Å². The Balaban J connectivity index is 1.48. The normalized spacial score (nSPS) is 22.6. The molecule has 3 nitrogen and oxygen atoms in total. The van der Waals surface area contributed by atoms with Crippen molar-refractivity contribution in [2.75, 3.05) is 0 Å². The predicted molar refractivity (Wildman–Crippen MR) is 101 cm³/mol. The molecule has 4 heteroatoms. The Morgan fingerprint density at radius 1 is 1.00 bits per heavy atom. The van der Waals surface area contributed by atoms with E-state index in [0.717, 1.165) is 31.0 Å². The van der Waals surface area contributed by atoms with Crippen LogP contribution in [0.1, 0.15) is 28.7 Å². The van der Waals surface area contributed by atoms with Crippen molar-refractivity contribution in [3.8, 4) is 0 Å². The number of rotatable bonds is 4. The molecule has 0 aromatic heterocycles. The molecule has 2 amide bonds. The van der Waals surface area contributed by atoms with E-state index in [1.54, 1.807) is 0 Å². The Morgan fingerprint density at radius 3 is 2.60 bits per heavy atom. The fraction of sp³-hybridized carbons (Fsp3) is 0.333. The highest BCUT2D eigenvalue weighted by Gasteiger charge is 2.32. The number of carbonyl (C=O) groups excluding carboxylic acids is 2. The number of hydrogen-bond acceptors (Lipinski definition) is 3. The lowest BCUT2D eigenvalue weighted by molar-refractivity contribution is -0.118. The lowest BCUT2D eigenvalue weighted by Crippen LogP contribution is -2.26. The van der Waals surface area contributed by atoms with E-state index in [0.29, 0.717) is 12.3 Å². The number of carbonyl (C=O) groups is 2. The smallest absolute Gasteiger partial charge is 0.286 e. The summed E-state index contributed by atoms with van der Waals surface area (Å²) in [6, 6.07) is 17.1. The first-order valence-electron chi connectivity index (χ1n) is 8.84. The Bertz CT molecular complexity index is 803. The number of fused-ring (bicyclic) bond motifs is 1. The van der Waals surface area contributed by atoms with Crippen LogP contribution in [0, 0.1) is 5.92 Å². The average Bonchev–Trinajstić information content (AvgIpc) is 2.93. The third-order valence-corrected chi connectivity index (χ3v) is 6.20. The van der Waals surface area contributed by atoms with Gasteiger partial charge in [0.25, 0.3) is 5.24 Å². The molecule has 25 heavy (non-hydrogen) atoms. The van der Waals surface area contributed by atoms with Crippen molar-refractivity contribution in [2.45, 2.75) is 37.4 Å². The van der Waals surface area contributed by atoms with Crippen LogP contribution in [-0.4, -0.2) is 16.4 Å². The third-order valence-electron chi connectivity index (χ3n) is 5.22. The van der Waals surface area contributed by atoms with Gasteiger partial charge in [0.2, 0.25) is 5.91 Å². The molecule has 1 heterocycles. The maximum atomic E-state index is 11.9. The second-order valence-electron chi connectivity index (χ2n) is 6.94. The summed E-state index contributed by atoms with van der Waals surface area (Å²) in [6.45, 7) is 0. The van der Waals surface area contributed by atoms with Crippen LogP contribution in [0.25, 0.3) is 0 Å². The molecule has 1 N–H and O–H groups in total. The van der Waals surface area contributed by atoms with Gasteiger partial charge in [-0.25, -0.2) is 0 Å². The van der Waals surface area contributed by atoms with E-state index in [1.165, 1.54) is 28.7 Å². The first-order chi connectivity index (χ1) is 12.2. The summed E-state index contributed by atoms with van der Waals surface area (Å²) in [5.41, 5.74) is 5.46. The quantitative estimate of drug-likeness (QED) is 0.908. The highest BCUT2D eigenvalue weighted by atomic mass is 32.2. The van der Waals surface area contributed by atoms with Crippen LogP contribution >= 0.6 is 11.8 Å². The largest absolute Gasteiger partial charge is 0.286 e. The van der Waals surface area contributed by atoms with Gasteiger partial charge in [-0.05, 0) is 60.3 Å². The Morgan fingerprint density at radius 2 is 1.84 bits per heavy atom. The zero-order chi connectivity index (χ0) is 17.2. The second kappa shape index (κ2) is 7.04. The summed E-state index contributed by atoms with van der Waals surface area (Å²) in [5.74, 6) is 0.529. The van der Waals surface area contributed by atoms with Gasteiger partial charge in [0.05, 0.1) is 5.25 Å². The van der Waals surface area contributed by atoms with E-state index >= 15 is 0 Å². The predicted octanol–water partition coefficient (Wildman–Crippen LogP) is 3.93. The van der Waals surface area contributed by atoms with Crippen LogP contribution in [0.3, 0.4) is 0 Å². The Labute approximate surface area is 152 Å². The van der Waals surface area contributed by atoms with E-state index in [9.17, 15) is 9.59 Å². The van der Waals surface area contributed by atoms with Crippen molar-refractivity contribution < 1.29 is 9.59 Å². The van der Waals surface area contributed by atoms with Gasteiger partial charge >= 0.3 is 0 Å². The van der Waals surface area contributed by atoms with Crippen LogP contribution in [-0.2, 0) is 30.5 Å². The molecule has 128 valence electrons. The lowest BCUT2D eigenvalue weighted by Gasteiger charge is -2.27. The average molecular weight is 351 g/mol. The molecule has 2 aromatic rings. The fourth-order valence-corrected chi connectivity index (χ4v) is 4.85. The molecule has 1 aliphatic carbocycles. The van der Waals surface area contributed by atoms with Gasteiger partial charge in [-0.15, -0.1) is 0 Å². The van der Waals surface area contributed by atoms with Gasteiger partial charge in [-0.3, -0.25) is 14.9 Å². The molecule has 2 aliphatic rings. The molecule has 1 fully saturated rings. The van der Waals surface area contributed by atoms with Gasteiger partial charge in [0.15, 0.2) is 0 Å². The Kier molecular flexibility index (Phi) is 4.62. The van der Waals surface area contributed by atoms with Gasteiger partial charge in [-0.2, -0.15) is 0 Å². The summed E-state index contributed by atoms with van der Waals surface area (Å²) in [5, 5.41) is 1.89. The summed E-state index contributed by atoms with van der Waals surface area (Å²) in [6.07, 6.45) is 5.12. The highest BCUT2D eigenvalue weighted by Crippen LogP contribution is 2.32. The minimum absolute atomic E-state index is 0.148. The Hall–Kier alpha value is -2.07. The molecule has 2 aromatic carbocycles. The first-order valence-corrected chi connectivity index (χ1v) is 9.72. The summed E-state index contributed by atoms with van der Waals surface area (Å²) >= 11 is 1.12. The van der Waals surface area contributed by atoms with E-state index in [1.807, 2.05) is 0 Å². The number of amides is 2. The minimum atomic E-state index is -0.277. The highest BCUT2D eigenvalue weighted by molar-refractivity contribution is 8.15. The van der Waals surface area contributed by atoms with E-state index in [-0.39, 0.29) is 16.4 Å². The van der Waals surface area contributed by atoms with Crippen molar-refractivity contribution in [1.82, 2.24) is 5.32 Å². The van der Waals surface area contributed by atoms with Crippen LogP contribution < -0.4 is 5.32 Å². The van der Waals surface area contributed by atoms with Gasteiger partial charge in [0.1, 0.15) is 0 Å². The van der Waals surface area contributed by atoms with Crippen molar-refractivity contribution in [3.05, 3.63) is 70.8 Å². The summed E-state index contributed by atoms with van der Waals surface area (Å²) < 4.78 is 0. The number of hydrogen-bond donors (Lipinski definition) is 1. The molecule has 0 radical (unpaired) electrons. The van der Waals surface area contributed by atoms with E-state index < -0.39 is 0 Å². The van der Waals surface area contributed by atoms with Crippen LogP contribution in [0.2, 0.25) is 0 Å². The van der Waals surface area contributed by atoms with Crippen LogP contribution in [0.15, 0.2) is 48.5 Å². The summed E-state index contributed by atoms with van der Waals surface area (Å²) in [4.78, 5) is 23.3. The molecule has 4 rings (SSSR count). The number of nitrogens with one attached hydrogen (secondary N) is 1. The number of thioether (sulfide) groups is 1. The molecule has 2 atom stereocenters. The molecule has 2 unspecified atom stereocenters. The van der Waals surface area contributed by atoms with Crippen molar-refractivity contribution >= 4 is 22.9 Å². The second-order valence-corrected chi connectivity index (χ2v) is 8.12. The van der Waals surface area contributed by atoms with Crippen LogP contribution in [0.4, 0.5) is 4.79 Å². The standard InChI is InChI=1S/C21H21NO2S/c23-20-19(25-21(24)22-20)13-17-8-4-7-16-12-15(9-10-18(16)17)11-14-5-2-1-3-6-14/h1-8,15,19H,9-13H2,(H,22,23,24). The zero-order valence-electron chi connectivity index (χ0n) is 14.0. The molecule has 0 spiro atoms. The van der Waals surface area contributed by atoms with Crippen molar-refractivity contribution in [1.29, 1.82) is 0 Å². The van der Waals surface area contributed by atoms with Gasteiger partial charge < -0.3 is 0 Å².